The van der Waals surface area contributed by atoms with E-state index in [1.165, 1.54) is 5.56 Å². The number of carbonyl (C=O) groups is 1. The van der Waals surface area contributed by atoms with E-state index in [9.17, 15) is 4.79 Å². The Labute approximate surface area is 126 Å². The Balaban J connectivity index is 2.16. The van der Waals surface area contributed by atoms with Gasteiger partial charge in [0.2, 0.25) is 0 Å². The molecule has 2 rings (SSSR count). The summed E-state index contributed by atoms with van der Waals surface area (Å²) in [6.45, 7) is 8.35. The van der Waals surface area contributed by atoms with Crippen LogP contribution in [0.4, 0.5) is 10.6 Å². The van der Waals surface area contributed by atoms with Gasteiger partial charge in [0.1, 0.15) is 5.82 Å². The van der Waals surface area contributed by atoms with Crippen LogP contribution < -0.4 is 10.6 Å². The van der Waals surface area contributed by atoms with Crippen molar-refractivity contribution < 1.29 is 4.79 Å². The highest BCUT2D eigenvalue weighted by molar-refractivity contribution is 5.90. The SMILES string of the molecule is CCC(C)NC(=O)Nc1ccc2cc(C(C)C)ccc2n1. The molecule has 1 aromatic heterocycles. The maximum atomic E-state index is 11.8. The number of rotatable bonds is 4. The molecule has 0 fully saturated rings. The van der Waals surface area contributed by atoms with Gasteiger partial charge in [0.25, 0.3) is 0 Å². The first-order valence-corrected chi connectivity index (χ1v) is 7.47. The summed E-state index contributed by atoms with van der Waals surface area (Å²) in [5.74, 6) is 1.06. The monoisotopic (exact) mass is 285 g/mol. The fourth-order valence-electron chi connectivity index (χ4n) is 2.05. The number of aromatic nitrogens is 1. The van der Waals surface area contributed by atoms with Gasteiger partial charge in [0, 0.05) is 11.4 Å². The summed E-state index contributed by atoms with van der Waals surface area (Å²) in [5.41, 5.74) is 2.18. The third-order valence-corrected chi connectivity index (χ3v) is 3.61. The predicted octanol–water partition coefficient (Wildman–Crippen LogP) is 4.28. The van der Waals surface area contributed by atoms with Crippen molar-refractivity contribution in [1.29, 1.82) is 0 Å². The molecule has 1 aromatic carbocycles. The number of hydrogen-bond donors (Lipinski definition) is 2. The van der Waals surface area contributed by atoms with Crippen molar-refractivity contribution in [3.63, 3.8) is 0 Å². The summed E-state index contributed by atoms with van der Waals surface area (Å²) in [6, 6.07) is 10.0. The van der Waals surface area contributed by atoms with E-state index < -0.39 is 0 Å². The topological polar surface area (TPSA) is 54.0 Å². The number of pyridine rings is 1. The zero-order valence-electron chi connectivity index (χ0n) is 13.1. The molecule has 0 saturated carbocycles. The van der Waals surface area contributed by atoms with Crippen LogP contribution in [0.5, 0.6) is 0 Å². The fourth-order valence-corrected chi connectivity index (χ4v) is 2.05. The minimum absolute atomic E-state index is 0.152. The summed E-state index contributed by atoms with van der Waals surface area (Å²) >= 11 is 0. The third-order valence-electron chi connectivity index (χ3n) is 3.61. The summed E-state index contributed by atoms with van der Waals surface area (Å²) in [7, 11) is 0. The smallest absolute Gasteiger partial charge is 0.320 e. The number of benzene rings is 1. The Morgan fingerprint density at radius 1 is 1.19 bits per heavy atom. The lowest BCUT2D eigenvalue weighted by Crippen LogP contribution is -2.35. The maximum Gasteiger partial charge on any atom is 0.320 e. The average molecular weight is 285 g/mol. The molecule has 1 atom stereocenters. The van der Waals surface area contributed by atoms with E-state index in [-0.39, 0.29) is 12.1 Å². The van der Waals surface area contributed by atoms with Crippen molar-refractivity contribution in [1.82, 2.24) is 10.3 Å². The van der Waals surface area contributed by atoms with Crippen molar-refractivity contribution in [3.8, 4) is 0 Å². The lowest BCUT2D eigenvalue weighted by Gasteiger charge is -2.12. The van der Waals surface area contributed by atoms with Crippen LogP contribution in [0.3, 0.4) is 0 Å². The Hall–Kier alpha value is -2.10. The van der Waals surface area contributed by atoms with Gasteiger partial charge in [-0.25, -0.2) is 9.78 Å². The summed E-state index contributed by atoms with van der Waals surface area (Å²) in [5, 5.41) is 6.73. The molecule has 2 aromatic rings. The van der Waals surface area contributed by atoms with Crippen molar-refractivity contribution in [3.05, 3.63) is 35.9 Å². The van der Waals surface area contributed by atoms with Gasteiger partial charge in [-0.15, -0.1) is 0 Å². The second-order valence-electron chi connectivity index (χ2n) is 5.71. The van der Waals surface area contributed by atoms with Crippen LogP contribution in [-0.2, 0) is 0 Å². The number of carbonyl (C=O) groups excluding carboxylic acids is 1. The first-order valence-electron chi connectivity index (χ1n) is 7.47. The van der Waals surface area contributed by atoms with Crippen LogP contribution in [0.2, 0.25) is 0 Å². The minimum Gasteiger partial charge on any atom is -0.335 e. The summed E-state index contributed by atoms with van der Waals surface area (Å²) in [6.07, 6.45) is 0.899. The molecule has 0 aliphatic carbocycles. The number of nitrogens with zero attached hydrogens (tertiary/aromatic N) is 1. The van der Waals surface area contributed by atoms with Gasteiger partial charge in [-0.05, 0) is 49.1 Å². The van der Waals surface area contributed by atoms with E-state index in [4.69, 9.17) is 0 Å². The first kappa shape index (κ1) is 15.3. The molecule has 21 heavy (non-hydrogen) atoms. The molecule has 2 N–H and O–H groups in total. The van der Waals surface area contributed by atoms with Crippen molar-refractivity contribution >= 4 is 22.8 Å². The Kier molecular flexibility index (Phi) is 4.78. The molecule has 0 aliphatic heterocycles. The van der Waals surface area contributed by atoms with Gasteiger partial charge in [-0.3, -0.25) is 5.32 Å². The number of hydrogen-bond acceptors (Lipinski definition) is 2. The van der Waals surface area contributed by atoms with Crippen LogP contribution >= 0.6 is 0 Å². The van der Waals surface area contributed by atoms with Crippen LogP contribution in [-0.4, -0.2) is 17.1 Å². The van der Waals surface area contributed by atoms with E-state index >= 15 is 0 Å². The molecule has 1 unspecified atom stereocenters. The van der Waals surface area contributed by atoms with Crippen LogP contribution in [0.25, 0.3) is 10.9 Å². The molecular weight excluding hydrogens is 262 g/mol. The molecule has 0 bridgehead atoms. The standard InChI is InChI=1S/C17H23N3O/c1-5-12(4)18-17(21)20-16-9-7-14-10-13(11(2)3)6-8-15(14)19-16/h6-12H,5H2,1-4H3,(H2,18,19,20,21). The number of amides is 2. The molecule has 4 nitrogen and oxygen atoms in total. The fraction of sp³-hybridized carbons (Fsp3) is 0.412. The summed E-state index contributed by atoms with van der Waals surface area (Å²) in [4.78, 5) is 16.3. The Bertz CT molecular complexity index is 637. The Morgan fingerprint density at radius 3 is 2.62 bits per heavy atom. The Morgan fingerprint density at radius 2 is 1.95 bits per heavy atom. The van der Waals surface area contributed by atoms with E-state index in [1.807, 2.05) is 32.0 Å². The predicted molar refractivity (Wildman–Crippen MR) is 87.7 cm³/mol. The number of anilines is 1. The lowest BCUT2D eigenvalue weighted by molar-refractivity contribution is 0.249. The number of nitrogens with one attached hydrogen (secondary N) is 2. The summed E-state index contributed by atoms with van der Waals surface area (Å²) < 4.78 is 0. The molecule has 112 valence electrons. The highest BCUT2D eigenvalue weighted by atomic mass is 16.2. The lowest BCUT2D eigenvalue weighted by atomic mass is 10.0. The van der Waals surface area contributed by atoms with Crippen molar-refractivity contribution in [2.24, 2.45) is 0 Å². The van der Waals surface area contributed by atoms with Crippen molar-refractivity contribution in [2.75, 3.05) is 5.32 Å². The van der Waals surface area contributed by atoms with Crippen LogP contribution in [0, 0.1) is 0 Å². The van der Waals surface area contributed by atoms with E-state index in [2.05, 4.69) is 41.6 Å². The molecule has 0 spiro atoms. The second-order valence-corrected chi connectivity index (χ2v) is 5.71. The van der Waals surface area contributed by atoms with Crippen molar-refractivity contribution in [2.45, 2.75) is 46.1 Å². The van der Waals surface area contributed by atoms with Gasteiger partial charge >= 0.3 is 6.03 Å². The molecule has 0 saturated heterocycles. The van der Waals surface area contributed by atoms with Crippen LogP contribution in [0.1, 0.15) is 45.6 Å². The van der Waals surface area contributed by atoms with Gasteiger partial charge in [-0.2, -0.15) is 0 Å². The van der Waals surface area contributed by atoms with E-state index in [0.717, 1.165) is 17.3 Å². The zero-order valence-corrected chi connectivity index (χ0v) is 13.1. The van der Waals surface area contributed by atoms with Crippen LogP contribution in [0.15, 0.2) is 30.3 Å². The molecule has 1 heterocycles. The normalized spacial score (nSPS) is 12.4. The average Bonchev–Trinajstić information content (AvgIpc) is 2.46. The first-order chi connectivity index (χ1) is 9.99. The number of urea groups is 1. The molecule has 4 heteroatoms. The minimum atomic E-state index is -0.213. The van der Waals surface area contributed by atoms with E-state index in [1.54, 1.807) is 0 Å². The third kappa shape index (κ3) is 3.94. The van der Waals surface area contributed by atoms with Gasteiger partial charge < -0.3 is 5.32 Å². The molecule has 0 aliphatic rings. The molecule has 2 amide bonds. The van der Waals surface area contributed by atoms with Gasteiger partial charge in [0.05, 0.1) is 5.52 Å². The quantitative estimate of drug-likeness (QED) is 0.881. The second kappa shape index (κ2) is 6.57. The van der Waals surface area contributed by atoms with Gasteiger partial charge in [-0.1, -0.05) is 26.8 Å². The number of fused-ring (bicyclic) bond motifs is 1. The highest BCUT2D eigenvalue weighted by Crippen LogP contribution is 2.21. The zero-order chi connectivity index (χ0) is 15.4. The van der Waals surface area contributed by atoms with Gasteiger partial charge in [0.15, 0.2) is 0 Å². The van der Waals surface area contributed by atoms with E-state index in [0.29, 0.717) is 11.7 Å². The molecular formula is C17H23N3O. The molecule has 0 radical (unpaired) electrons. The maximum absolute atomic E-state index is 11.8. The largest absolute Gasteiger partial charge is 0.335 e. The highest BCUT2D eigenvalue weighted by Gasteiger charge is 2.07.